The van der Waals surface area contributed by atoms with Gasteiger partial charge in [0.25, 0.3) is 0 Å². The Morgan fingerprint density at radius 1 is 1.09 bits per heavy atom. The number of nitrogens with zero attached hydrogens (tertiary/aromatic N) is 4. The summed E-state index contributed by atoms with van der Waals surface area (Å²) in [5.41, 5.74) is 2.08. The van der Waals surface area contributed by atoms with E-state index in [1.807, 2.05) is 10.9 Å². The number of ketones is 1. The van der Waals surface area contributed by atoms with Gasteiger partial charge in [0.05, 0.1) is 58.5 Å². The van der Waals surface area contributed by atoms with Crippen LogP contribution < -0.4 is 0 Å². The minimum absolute atomic E-state index is 0.101. The highest BCUT2D eigenvalue weighted by Crippen LogP contribution is 2.38. The molecule has 0 bridgehead atoms. The minimum atomic E-state index is 0.101. The average Bonchev–Trinajstić information content (AvgIpc) is 3.21. The lowest BCUT2D eigenvalue weighted by molar-refractivity contribution is -0.140. The summed E-state index contributed by atoms with van der Waals surface area (Å²) in [4.78, 5) is 13.9. The van der Waals surface area contributed by atoms with Crippen molar-refractivity contribution in [3.8, 4) is 0 Å². The maximum absolute atomic E-state index is 11.4. The van der Waals surface area contributed by atoms with Crippen molar-refractivity contribution in [2.24, 2.45) is 5.41 Å². The average molecular weight is 451 g/mol. The van der Waals surface area contributed by atoms with Gasteiger partial charge in [-0.25, -0.2) is 4.68 Å². The molecule has 180 valence electrons. The number of Topliss-reactive ketones (excluding diaryl/α,β-unsaturated/α-hetero) is 1. The summed E-state index contributed by atoms with van der Waals surface area (Å²) < 4.78 is 23.8. The topological polar surface area (TPSA) is 87.9 Å². The van der Waals surface area contributed by atoms with Crippen LogP contribution in [0.25, 0.3) is 0 Å². The Hall–Kier alpha value is -1.65. The predicted molar refractivity (Wildman–Crippen MR) is 119 cm³/mol. The number of likely N-dealkylation sites (tertiary alicyclic amines) is 1. The van der Waals surface area contributed by atoms with E-state index in [2.05, 4.69) is 21.8 Å². The molecule has 0 amide bonds. The third-order valence-electron chi connectivity index (χ3n) is 6.08. The fraction of sp³-hybridized carbons (Fsp3) is 0.783. The van der Waals surface area contributed by atoms with Crippen LogP contribution in [0.3, 0.4) is 0 Å². The van der Waals surface area contributed by atoms with Crippen molar-refractivity contribution in [2.75, 3.05) is 65.9 Å². The molecular formula is C23H38N4O5. The summed E-state index contributed by atoms with van der Waals surface area (Å²) in [7, 11) is 0. The van der Waals surface area contributed by atoms with Gasteiger partial charge in [0.1, 0.15) is 0 Å². The highest BCUT2D eigenvalue weighted by Gasteiger charge is 2.41. The molecule has 32 heavy (non-hydrogen) atoms. The molecule has 9 nitrogen and oxygen atoms in total. The van der Waals surface area contributed by atoms with E-state index in [1.165, 1.54) is 12.8 Å². The van der Waals surface area contributed by atoms with Crippen molar-refractivity contribution >= 4 is 5.78 Å². The van der Waals surface area contributed by atoms with Crippen molar-refractivity contribution in [1.82, 2.24) is 19.9 Å². The van der Waals surface area contributed by atoms with Gasteiger partial charge in [0, 0.05) is 31.2 Å². The quantitative estimate of drug-likeness (QED) is 0.279. The van der Waals surface area contributed by atoms with Crippen LogP contribution in [0.4, 0.5) is 0 Å². The molecule has 0 radical (unpaired) electrons. The van der Waals surface area contributed by atoms with Crippen LogP contribution in [-0.2, 0) is 36.8 Å². The number of piperidine rings is 1. The monoisotopic (exact) mass is 450 g/mol. The van der Waals surface area contributed by atoms with Crippen LogP contribution in [0.15, 0.2) is 18.3 Å². The van der Waals surface area contributed by atoms with Crippen LogP contribution in [0.2, 0.25) is 0 Å². The van der Waals surface area contributed by atoms with Gasteiger partial charge in [-0.3, -0.25) is 9.69 Å². The number of ether oxygens (including phenoxy) is 4. The zero-order valence-electron chi connectivity index (χ0n) is 19.4. The lowest BCUT2D eigenvalue weighted by Gasteiger charge is -2.47. The van der Waals surface area contributed by atoms with Crippen molar-refractivity contribution in [3.63, 3.8) is 0 Å². The zero-order valence-corrected chi connectivity index (χ0v) is 19.4. The van der Waals surface area contributed by atoms with Crippen LogP contribution in [0.1, 0.15) is 38.3 Å². The lowest BCUT2D eigenvalue weighted by atomic mass is 9.77. The summed E-state index contributed by atoms with van der Waals surface area (Å²) in [6.45, 7) is 14.3. The number of carbonyl (C=O) groups is 1. The number of allylic oxidation sites excluding steroid dienone is 1. The molecule has 2 saturated heterocycles. The van der Waals surface area contributed by atoms with Crippen molar-refractivity contribution in [1.29, 1.82) is 0 Å². The molecule has 2 fully saturated rings. The Bertz CT molecular complexity index is 709. The molecule has 1 spiro atoms. The standard InChI is InChI=1S/C23H38N4O5/c1-20(2)22(28)4-3-10-29-12-14-31-15-13-30-11-9-27-17-21(24-25-27)16-26-7-5-23(6-8-26)18-32-19-23/h17H,1,3-16,18-19H2,2H3. The third-order valence-corrected chi connectivity index (χ3v) is 6.08. The Balaban J connectivity index is 1.12. The second-order valence-electron chi connectivity index (χ2n) is 8.89. The summed E-state index contributed by atoms with van der Waals surface area (Å²) in [5, 5.41) is 8.51. The first-order valence-corrected chi connectivity index (χ1v) is 11.7. The smallest absolute Gasteiger partial charge is 0.158 e. The molecular weight excluding hydrogens is 412 g/mol. The van der Waals surface area contributed by atoms with Gasteiger partial charge in [-0.1, -0.05) is 11.8 Å². The predicted octanol–water partition coefficient (Wildman–Crippen LogP) is 1.87. The second-order valence-corrected chi connectivity index (χ2v) is 8.89. The minimum Gasteiger partial charge on any atom is -0.380 e. The molecule has 2 aliphatic rings. The Morgan fingerprint density at radius 2 is 1.75 bits per heavy atom. The Labute approximate surface area is 191 Å². The summed E-state index contributed by atoms with van der Waals surface area (Å²) in [5.74, 6) is 0.101. The van der Waals surface area contributed by atoms with E-state index in [1.54, 1.807) is 6.92 Å². The molecule has 0 aliphatic carbocycles. The van der Waals surface area contributed by atoms with Crippen molar-refractivity contribution in [3.05, 3.63) is 24.0 Å². The van der Waals surface area contributed by atoms with Crippen LogP contribution in [-0.4, -0.2) is 91.6 Å². The first kappa shape index (κ1) is 25.0. The van der Waals surface area contributed by atoms with Crippen molar-refractivity contribution < 1.29 is 23.7 Å². The fourth-order valence-electron chi connectivity index (χ4n) is 3.86. The Kier molecular flexibility index (Phi) is 10.3. The number of hydrogen-bond donors (Lipinski definition) is 0. The maximum atomic E-state index is 11.4. The second kappa shape index (κ2) is 13.2. The van der Waals surface area contributed by atoms with Gasteiger partial charge < -0.3 is 18.9 Å². The van der Waals surface area contributed by atoms with Gasteiger partial charge in [0.2, 0.25) is 0 Å². The van der Waals surface area contributed by atoms with Crippen LogP contribution in [0.5, 0.6) is 0 Å². The zero-order chi connectivity index (χ0) is 22.7. The van der Waals surface area contributed by atoms with E-state index >= 15 is 0 Å². The molecule has 0 aromatic carbocycles. The molecule has 0 atom stereocenters. The first-order chi connectivity index (χ1) is 15.6. The molecule has 0 unspecified atom stereocenters. The number of hydrogen-bond acceptors (Lipinski definition) is 8. The maximum Gasteiger partial charge on any atom is 0.158 e. The molecule has 0 N–H and O–H groups in total. The SMILES string of the molecule is C=C(C)C(=O)CCCOCCOCCOCCn1cc(CN2CCC3(CC2)COC3)nn1. The van der Waals surface area contributed by atoms with E-state index in [-0.39, 0.29) is 5.78 Å². The van der Waals surface area contributed by atoms with Gasteiger partial charge in [-0.05, 0) is 44.8 Å². The number of aromatic nitrogens is 3. The molecule has 0 saturated carbocycles. The molecule has 1 aromatic heterocycles. The third kappa shape index (κ3) is 8.37. The van der Waals surface area contributed by atoms with Gasteiger partial charge in [-0.15, -0.1) is 5.10 Å². The van der Waals surface area contributed by atoms with Gasteiger partial charge >= 0.3 is 0 Å². The molecule has 9 heteroatoms. The first-order valence-electron chi connectivity index (χ1n) is 11.7. The summed E-state index contributed by atoms with van der Waals surface area (Å²) >= 11 is 0. The molecule has 3 heterocycles. The van der Waals surface area contributed by atoms with Gasteiger partial charge in [0.15, 0.2) is 5.78 Å². The normalized spacial score (nSPS) is 18.0. The van der Waals surface area contributed by atoms with E-state index in [4.69, 9.17) is 18.9 Å². The van der Waals surface area contributed by atoms with E-state index in [0.717, 1.165) is 38.5 Å². The fourth-order valence-corrected chi connectivity index (χ4v) is 3.86. The summed E-state index contributed by atoms with van der Waals surface area (Å²) in [6.07, 6.45) is 5.66. The van der Waals surface area contributed by atoms with Crippen LogP contribution >= 0.6 is 0 Å². The van der Waals surface area contributed by atoms with E-state index in [0.29, 0.717) is 70.0 Å². The molecule has 3 rings (SSSR count). The Morgan fingerprint density at radius 3 is 2.38 bits per heavy atom. The highest BCUT2D eigenvalue weighted by molar-refractivity contribution is 5.93. The van der Waals surface area contributed by atoms with Gasteiger partial charge in [-0.2, -0.15) is 0 Å². The van der Waals surface area contributed by atoms with E-state index < -0.39 is 0 Å². The molecule has 2 aliphatic heterocycles. The van der Waals surface area contributed by atoms with Crippen molar-refractivity contribution in [2.45, 2.75) is 45.7 Å². The molecule has 1 aromatic rings. The van der Waals surface area contributed by atoms with E-state index in [9.17, 15) is 4.79 Å². The highest BCUT2D eigenvalue weighted by atomic mass is 16.5. The lowest BCUT2D eigenvalue weighted by Crippen LogP contribution is -2.50. The largest absolute Gasteiger partial charge is 0.380 e. The number of rotatable bonds is 16. The van der Waals surface area contributed by atoms with Crippen LogP contribution in [0, 0.1) is 5.41 Å². The number of carbonyl (C=O) groups excluding carboxylic acids is 1. The summed E-state index contributed by atoms with van der Waals surface area (Å²) in [6, 6.07) is 0.